The van der Waals surface area contributed by atoms with Gasteiger partial charge >= 0.3 is 0 Å². The highest BCUT2D eigenvalue weighted by molar-refractivity contribution is 9.10. The smallest absolute Gasteiger partial charge is 0.255 e. The van der Waals surface area contributed by atoms with Gasteiger partial charge in [0.25, 0.3) is 5.91 Å². The van der Waals surface area contributed by atoms with Crippen molar-refractivity contribution in [1.82, 2.24) is 0 Å². The lowest BCUT2D eigenvalue weighted by molar-refractivity contribution is 0.102. The molecule has 0 atom stereocenters. The summed E-state index contributed by atoms with van der Waals surface area (Å²) in [6.45, 7) is 1.96. The molecule has 0 saturated carbocycles. The van der Waals surface area contributed by atoms with E-state index in [1.54, 1.807) is 25.3 Å². The van der Waals surface area contributed by atoms with Crippen LogP contribution in [-0.4, -0.2) is 13.0 Å². The van der Waals surface area contributed by atoms with E-state index in [-0.39, 0.29) is 5.91 Å². The minimum absolute atomic E-state index is 0.124. The van der Waals surface area contributed by atoms with Crippen LogP contribution in [0.1, 0.15) is 15.9 Å². The molecule has 0 bridgehead atoms. The maximum absolute atomic E-state index is 12.1. The minimum Gasteiger partial charge on any atom is -0.496 e. The Morgan fingerprint density at radius 3 is 2.63 bits per heavy atom. The Kier molecular flexibility index (Phi) is 4.22. The molecule has 1 amide bonds. The van der Waals surface area contributed by atoms with Crippen molar-refractivity contribution in [2.24, 2.45) is 0 Å². The highest BCUT2D eigenvalue weighted by Crippen LogP contribution is 2.27. The summed E-state index contributed by atoms with van der Waals surface area (Å²) in [6, 6.07) is 12.9. The van der Waals surface area contributed by atoms with Crippen molar-refractivity contribution < 1.29 is 9.53 Å². The fourth-order valence-electron chi connectivity index (χ4n) is 1.73. The zero-order valence-electron chi connectivity index (χ0n) is 10.7. The van der Waals surface area contributed by atoms with E-state index in [4.69, 9.17) is 4.74 Å². The molecule has 4 heteroatoms. The monoisotopic (exact) mass is 319 g/mol. The first-order valence-corrected chi connectivity index (χ1v) is 6.61. The van der Waals surface area contributed by atoms with Gasteiger partial charge in [0.05, 0.1) is 11.6 Å². The highest BCUT2D eigenvalue weighted by Gasteiger charge is 2.07. The van der Waals surface area contributed by atoms with Gasteiger partial charge in [-0.25, -0.2) is 0 Å². The Morgan fingerprint density at radius 2 is 2.00 bits per heavy atom. The van der Waals surface area contributed by atoms with Crippen LogP contribution >= 0.6 is 15.9 Å². The van der Waals surface area contributed by atoms with Gasteiger partial charge in [0.15, 0.2) is 0 Å². The first kappa shape index (κ1) is 13.6. The molecular formula is C15H14BrNO2. The molecule has 98 valence electrons. The second-order valence-corrected chi connectivity index (χ2v) is 5.03. The number of aryl methyl sites for hydroxylation is 1. The Hall–Kier alpha value is -1.81. The number of hydrogen-bond donors (Lipinski definition) is 1. The number of anilines is 1. The van der Waals surface area contributed by atoms with E-state index in [9.17, 15) is 4.79 Å². The molecule has 0 fully saturated rings. The molecule has 0 aromatic heterocycles. The number of rotatable bonds is 3. The summed E-state index contributed by atoms with van der Waals surface area (Å²) in [4.78, 5) is 12.1. The number of ether oxygens (including phenoxy) is 1. The minimum atomic E-state index is -0.124. The van der Waals surface area contributed by atoms with Crippen molar-refractivity contribution in [2.45, 2.75) is 6.92 Å². The molecule has 0 spiro atoms. The van der Waals surface area contributed by atoms with Crippen LogP contribution in [0, 0.1) is 6.92 Å². The first-order chi connectivity index (χ1) is 9.10. The van der Waals surface area contributed by atoms with Crippen LogP contribution in [0.4, 0.5) is 5.69 Å². The third-order valence-electron chi connectivity index (χ3n) is 2.69. The number of nitrogens with one attached hydrogen (secondary N) is 1. The molecule has 2 aromatic rings. The van der Waals surface area contributed by atoms with E-state index in [2.05, 4.69) is 21.2 Å². The van der Waals surface area contributed by atoms with Gasteiger partial charge < -0.3 is 10.1 Å². The van der Waals surface area contributed by atoms with E-state index >= 15 is 0 Å². The van der Waals surface area contributed by atoms with Crippen LogP contribution in [0.15, 0.2) is 46.9 Å². The molecule has 0 aliphatic rings. The number of benzene rings is 2. The lowest BCUT2D eigenvalue weighted by Crippen LogP contribution is -2.11. The lowest BCUT2D eigenvalue weighted by Gasteiger charge is -2.08. The maximum Gasteiger partial charge on any atom is 0.255 e. The second-order valence-electron chi connectivity index (χ2n) is 4.17. The fraction of sp³-hybridized carbons (Fsp3) is 0.133. The van der Waals surface area contributed by atoms with Crippen LogP contribution < -0.4 is 10.1 Å². The van der Waals surface area contributed by atoms with Crippen LogP contribution in [-0.2, 0) is 0 Å². The summed E-state index contributed by atoms with van der Waals surface area (Å²) in [6.07, 6.45) is 0. The quantitative estimate of drug-likeness (QED) is 0.928. The summed E-state index contributed by atoms with van der Waals surface area (Å²) in [7, 11) is 1.60. The van der Waals surface area contributed by atoms with Crippen molar-refractivity contribution in [3.05, 3.63) is 58.1 Å². The molecule has 0 heterocycles. The van der Waals surface area contributed by atoms with Gasteiger partial charge in [-0.2, -0.15) is 0 Å². The molecular weight excluding hydrogens is 306 g/mol. The van der Waals surface area contributed by atoms with Crippen LogP contribution in [0.2, 0.25) is 0 Å². The van der Waals surface area contributed by atoms with Crippen molar-refractivity contribution in [2.75, 3.05) is 12.4 Å². The number of halogens is 1. The molecule has 0 aliphatic carbocycles. The number of carbonyl (C=O) groups excluding carboxylic acids is 1. The third kappa shape index (κ3) is 3.35. The molecule has 1 N–H and O–H groups in total. The van der Waals surface area contributed by atoms with E-state index in [1.807, 2.05) is 31.2 Å². The zero-order chi connectivity index (χ0) is 13.8. The Bertz CT molecular complexity index is 611. The van der Waals surface area contributed by atoms with Gasteiger partial charge in [0.2, 0.25) is 0 Å². The predicted molar refractivity (Wildman–Crippen MR) is 79.8 cm³/mol. The van der Waals surface area contributed by atoms with Gasteiger partial charge in [0, 0.05) is 11.3 Å². The Balaban J connectivity index is 2.17. The predicted octanol–water partition coefficient (Wildman–Crippen LogP) is 4.02. The van der Waals surface area contributed by atoms with Crippen LogP contribution in [0.5, 0.6) is 5.75 Å². The number of methoxy groups -OCH3 is 1. The Labute approximate surface area is 120 Å². The van der Waals surface area contributed by atoms with Crippen LogP contribution in [0.3, 0.4) is 0 Å². The van der Waals surface area contributed by atoms with Crippen molar-refractivity contribution in [3.8, 4) is 5.75 Å². The molecule has 0 saturated heterocycles. The van der Waals surface area contributed by atoms with Crippen molar-refractivity contribution >= 4 is 27.5 Å². The fourth-order valence-corrected chi connectivity index (χ4v) is 2.27. The van der Waals surface area contributed by atoms with Gasteiger partial charge in [-0.05, 0) is 53.2 Å². The van der Waals surface area contributed by atoms with Gasteiger partial charge in [-0.3, -0.25) is 4.79 Å². The van der Waals surface area contributed by atoms with E-state index < -0.39 is 0 Å². The maximum atomic E-state index is 12.1. The summed E-state index contributed by atoms with van der Waals surface area (Å²) in [5.41, 5.74) is 2.43. The molecule has 2 rings (SSSR count). The van der Waals surface area contributed by atoms with Crippen molar-refractivity contribution in [3.63, 3.8) is 0 Å². The van der Waals surface area contributed by atoms with E-state index in [0.717, 1.165) is 21.5 Å². The van der Waals surface area contributed by atoms with Gasteiger partial charge in [-0.1, -0.05) is 17.7 Å². The second kappa shape index (κ2) is 5.89. The van der Waals surface area contributed by atoms with E-state index in [1.165, 1.54) is 0 Å². The van der Waals surface area contributed by atoms with E-state index in [0.29, 0.717) is 5.56 Å². The van der Waals surface area contributed by atoms with Crippen LogP contribution in [0.25, 0.3) is 0 Å². The normalized spacial score (nSPS) is 10.1. The Morgan fingerprint density at radius 1 is 1.21 bits per heavy atom. The number of amides is 1. The van der Waals surface area contributed by atoms with Gasteiger partial charge in [-0.15, -0.1) is 0 Å². The summed E-state index contributed by atoms with van der Waals surface area (Å²) >= 11 is 3.39. The molecule has 2 aromatic carbocycles. The van der Waals surface area contributed by atoms with Crippen molar-refractivity contribution in [1.29, 1.82) is 0 Å². The third-order valence-corrected chi connectivity index (χ3v) is 3.31. The molecule has 3 nitrogen and oxygen atoms in total. The number of carbonyl (C=O) groups is 1. The average Bonchev–Trinajstić information content (AvgIpc) is 2.39. The summed E-state index contributed by atoms with van der Waals surface area (Å²) < 4.78 is 5.95. The highest BCUT2D eigenvalue weighted by atomic mass is 79.9. The summed E-state index contributed by atoms with van der Waals surface area (Å²) in [5.74, 6) is 0.606. The average molecular weight is 320 g/mol. The van der Waals surface area contributed by atoms with Gasteiger partial charge in [0.1, 0.15) is 5.75 Å². The summed E-state index contributed by atoms with van der Waals surface area (Å²) in [5, 5.41) is 2.85. The largest absolute Gasteiger partial charge is 0.496 e. The molecule has 0 aliphatic heterocycles. The lowest BCUT2D eigenvalue weighted by atomic mass is 10.1. The topological polar surface area (TPSA) is 38.3 Å². The molecule has 0 radical (unpaired) electrons. The number of hydrogen-bond acceptors (Lipinski definition) is 2. The molecule has 19 heavy (non-hydrogen) atoms. The first-order valence-electron chi connectivity index (χ1n) is 5.81. The standard InChI is InChI=1S/C15H14BrNO2/c1-10-4-3-5-11(8-10)15(18)17-12-6-7-14(19-2)13(16)9-12/h3-9H,1-2H3,(H,17,18). The zero-order valence-corrected chi connectivity index (χ0v) is 12.3. The SMILES string of the molecule is COc1ccc(NC(=O)c2cccc(C)c2)cc1Br. The molecule has 0 unspecified atom stereocenters.